The third-order valence-corrected chi connectivity index (χ3v) is 7.20. The number of amides is 1. The van der Waals surface area contributed by atoms with Crippen LogP contribution in [0.4, 0.5) is 0 Å². The van der Waals surface area contributed by atoms with E-state index in [-0.39, 0.29) is 34.7 Å². The van der Waals surface area contributed by atoms with Crippen molar-refractivity contribution in [2.45, 2.75) is 119 Å². The Bertz CT molecular complexity index is 616. The quantitative estimate of drug-likeness (QED) is 0.212. The minimum Gasteiger partial charge on any atom is -0.381 e. The van der Waals surface area contributed by atoms with E-state index in [0.29, 0.717) is 12.2 Å². The second-order valence-electron chi connectivity index (χ2n) is 13.5. The summed E-state index contributed by atoms with van der Waals surface area (Å²) >= 11 is 0. The molecule has 0 aromatic carbocycles. The summed E-state index contributed by atoms with van der Waals surface area (Å²) in [5, 5.41) is 3.08. The van der Waals surface area contributed by atoms with Gasteiger partial charge in [0.15, 0.2) is 0 Å². The lowest BCUT2D eigenvalue weighted by Gasteiger charge is -2.35. The Morgan fingerprint density at radius 1 is 0.943 bits per heavy atom. The molecule has 2 atom stereocenters. The Labute approximate surface area is 216 Å². The molecule has 1 rings (SSSR count). The molecule has 0 aliphatic heterocycles. The molecule has 206 valence electrons. The molecule has 5 heteroatoms. The van der Waals surface area contributed by atoms with Gasteiger partial charge in [0.05, 0.1) is 12.2 Å². The number of rotatable bonds is 18. The maximum Gasteiger partial charge on any atom is 0.220 e. The summed E-state index contributed by atoms with van der Waals surface area (Å²) in [4.78, 5) is 24.3. The fourth-order valence-corrected chi connectivity index (χ4v) is 4.88. The summed E-state index contributed by atoms with van der Waals surface area (Å²) in [6.07, 6.45) is 8.25. The molecular weight excluding hydrogens is 438 g/mol. The van der Waals surface area contributed by atoms with Gasteiger partial charge < -0.3 is 14.8 Å². The average molecular weight is 496 g/mol. The van der Waals surface area contributed by atoms with Crippen LogP contribution in [0, 0.1) is 35.0 Å². The largest absolute Gasteiger partial charge is 0.381 e. The van der Waals surface area contributed by atoms with E-state index in [1.807, 2.05) is 20.8 Å². The van der Waals surface area contributed by atoms with Crippen molar-refractivity contribution in [1.82, 2.24) is 5.32 Å². The number of ether oxygens (including phenoxy) is 2. The standard InChI is InChI=1S/C30H57NO4/c1-22(2)28(33)24(4)17-23(3)18-27(32)31-14-10-11-25-19-26(20-25)12-15-34-16-13-30(8,9)35-21-29(5,6)7/h22-26H,10-21H2,1-9H3,(H,31,32). The van der Waals surface area contributed by atoms with Crippen molar-refractivity contribution in [3.63, 3.8) is 0 Å². The molecule has 1 aliphatic carbocycles. The molecule has 1 aliphatic rings. The van der Waals surface area contributed by atoms with Gasteiger partial charge in [0.2, 0.25) is 5.91 Å². The van der Waals surface area contributed by atoms with Crippen LogP contribution < -0.4 is 5.32 Å². The predicted molar refractivity (Wildman–Crippen MR) is 145 cm³/mol. The van der Waals surface area contributed by atoms with Gasteiger partial charge in [-0.2, -0.15) is 0 Å². The van der Waals surface area contributed by atoms with Crippen molar-refractivity contribution in [2.75, 3.05) is 26.4 Å². The van der Waals surface area contributed by atoms with Gasteiger partial charge in [0.1, 0.15) is 5.78 Å². The Kier molecular flexibility index (Phi) is 14.1. The normalized spacial score (nSPS) is 20.4. The molecule has 1 saturated carbocycles. The molecule has 1 N–H and O–H groups in total. The minimum atomic E-state index is -0.131. The number of hydrogen-bond donors (Lipinski definition) is 1. The lowest BCUT2D eigenvalue weighted by molar-refractivity contribution is -0.127. The van der Waals surface area contributed by atoms with E-state index >= 15 is 0 Å². The van der Waals surface area contributed by atoms with E-state index in [0.717, 1.165) is 63.9 Å². The fourth-order valence-electron chi connectivity index (χ4n) is 4.88. The zero-order valence-electron chi connectivity index (χ0n) is 24.5. The third-order valence-electron chi connectivity index (χ3n) is 7.20. The van der Waals surface area contributed by atoms with E-state index in [2.05, 4.69) is 46.9 Å². The topological polar surface area (TPSA) is 64.6 Å². The summed E-state index contributed by atoms with van der Waals surface area (Å²) in [5.41, 5.74) is 0.0605. The van der Waals surface area contributed by atoms with Gasteiger partial charge in [-0.25, -0.2) is 0 Å². The first kappa shape index (κ1) is 32.1. The molecule has 0 aromatic heterocycles. The van der Waals surface area contributed by atoms with Crippen molar-refractivity contribution in [3.8, 4) is 0 Å². The van der Waals surface area contributed by atoms with Crippen LogP contribution in [-0.2, 0) is 19.1 Å². The van der Waals surface area contributed by atoms with Crippen LogP contribution in [0.5, 0.6) is 0 Å². The van der Waals surface area contributed by atoms with Crippen LogP contribution in [0.15, 0.2) is 0 Å². The van der Waals surface area contributed by atoms with E-state index in [4.69, 9.17) is 9.47 Å². The molecule has 0 bridgehead atoms. The molecular formula is C30H57NO4. The molecule has 0 radical (unpaired) electrons. The molecule has 1 amide bonds. The highest BCUT2D eigenvalue weighted by atomic mass is 16.5. The Balaban J connectivity index is 2.01. The second kappa shape index (κ2) is 15.3. The van der Waals surface area contributed by atoms with Gasteiger partial charge in [-0.3, -0.25) is 9.59 Å². The van der Waals surface area contributed by atoms with E-state index in [1.54, 1.807) is 0 Å². The molecule has 35 heavy (non-hydrogen) atoms. The Hall–Kier alpha value is -0.940. The van der Waals surface area contributed by atoms with Crippen molar-refractivity contribution >= 4 is 11.7 Å². The fraction of sp³-hybridized carbons (Fsp3) is 0.933. The molecule has 5 nitrogen and oxygen atoms in total. The summed E-state index contributed by atoms with van der Waals surface area (Å²) in [6.45, 7) is 22.0. The number of carbonyl (C=O) groups excluding carboxylic acids is 2. The van der Waals surface area contributed by atoms with Crippen LogP contribution >= 0.6 is 0 Å². The van der Waals surface area contributed by atoms with Crippen molar-refractivity contribution in [2.24, 2.45) is 35.0 Å². The highest BCUT2D eigenvalue weighted by molar-refractivity contribution is 5.82. The third kappa shape index (κ3) is 15.0. The smallest absolute Gasteiger partial charge is 0.220 e. The van der Waals surface area contributed by atoms with Crippen LogP contribution in [0.3, 0.4) is 0 Å². The first-order chi connectivity index (χ1) is 16.2. The summed E-state index contributed by atoms with van der Waals surface area (Å²) in [6, 6.07) is 0. The lowest BCUT2D eigenvalue weighted by Crippen LogP contribution is -2.31. The zero-order valence-corrected chi connectivity index (χ0v) is 24.5. The predicted octanol–water partition coefficient (Wildman–Crippen LogP) is 6.82. The average Bonchev–Trinajstić information content (AvgIpc) is 2.70. The monoisotopic (exact) mass is 495 g/mol. The SMILES string of the molecule is CC(CC(=O)NCCCC1CC(CCOCCC(C)(C)OCC(C)(C)C)C1)CC(C)C(=O)C(C)C. The van der Waals surface area contributed by atoms with Gasteiger partial charge >= 0.3 is 0 Å². The summed E-state index contributed by atoms with van der Waals surface area (Å²) in [7, 11) is 0. The molecule has 0 saturated heterocycles. The van der Waals surface area contributed by atoms with Crippen LogP contribution in [0.25, 0.3) is 0 Å². The van der Waals surface area contributed by atoms with Gasteiger partial charge in [0, 0.05) is 38.0 Å². The zero-order chi connectivity index (χ0) is 26.6. The number of ketones is 1. The number of hydrogen-bond acceptors (Lipinski definition) is 4. The maximum absolute atomic E-state index is 12.2. The first-order valence-corrected chi connectivity index (χ1v) is 14.2. The van der Waals surface area contributed by atoms with Gasteiger partial charge in [-0.05, 0) is 82.0 Å². The highest BCUT2D eigenvalue weighted by Gasteiger charge is 2.28. The van der Waals surface area contributed by atoms with Crippen LogP contribution in [0.1, 0.15) is 114 Å². The van der Waals surface area contributed by atoms with Crippen LogP contribution in [-0.4, -0.2) is 43.7 Å². The van der Waals surface area contributed by atoms with Crippen molar-refractivity contribution < 1.29 is 19.1 Å². The Morgan fingerprint density at radius 2 is 1.57 bits per heavy atom. The van der Waals surface area contributed by atoms with Gasteiger partial charge in [-0.15, -0.1) is 0 Å². The highest BCUT2D eigenvalue weighted by Crippen LogP contribution is 2.38. The molecule has 1 fully saturated rings. The summed E-state index contributed by atoms with van der Waals surface area (Å²) in [5.74, 6) is 2.38. The lowest BCUT2D eigenvalue weighted by atomic mass is 9.71. The van der Waals surface area contributed by atoms with Crippen LogP contribution in [0.2, 0.25) is 0 Å². The van der Waals surface area contributed by atoms with E-state index in [9.17, 15) is 9.59 Å². The Morgan fingerprint density at radius 3 is 2.17 bits per heavy atom. The van der Waals surface area contributed by atoms with Gasteiger partial charge in [-0.1, -0.05) is 48.5 Å². The first-order valence-electron chi connectivity index (χ1n) is 14.2. The number of Topliss-reactive ketones (excluding diaryl/α,β-unsaturated/α-hetero) is 1. The molecule has 0 aromatic rings. The minimum absolute atomic E-state index is 0.0362. The molecule has 0 spiro atoms. The number of nitrogens with one attached hydrogen (secondary N) is 1. The maximum atomic E-state index is 12.2. The van der Waals surface area contributed by atoms with Crippen molar-refractivity contribution in [1.29, 1.82) is 0 Å². The van der Waals surface area contributed by atoms with E-state index in [1.165, 1.54) is 19.3 Å². The second-order valence-corrected chi connectivity index (χ2v) is 13.5. The molecule has 2 unspecified atom stereocenters. The van der Waals surface area contributed by atoms with Crippen molar-refractivity contribution in [3.05, 3.63) is 0 Å². The molecule has 0 heterocycles. The summed E-state index contributed by atoms with van der Waals surface area (Å²) < 4.78 is 12.0. The van der Waals surface area contributed by atoms with E-state index < -0.39 is 0 Å². The van der Waals surface area contributed by atoms with Gasteiger partial charge in [0.25, 0.3) is 0 Å². The number of carbonyl (C=O) groups is 2.